The van der Waals surface area contributed by atoms with E-state index in [2.05, 4.69) is 14.7 Å². The van der Waals surface area contributed by atoms with Gasteiger partial charge in [-0.2, -0.15) is 0 Å². The molecule has 0 aliphatic carbocycles. The first kappa shape index (κ1) is 17.8. The SMILES string of the molecule is Cc1cccc(C)c1-c1cc(=O)[nH]c(NSc2cccc(C(N)=O)c2)n1. The van der Waals surface area contributed by atoms with Crippen molar-refractivity contribution in [3.05, 3.63) is 75.6 Å². The van der Waals surface area contributed by atoms with E-state index in [-0.39, 0.29) is 5.56 Å². The van der Waals surface area contributed by atoms with Gasteiger partial charge in [0.25, 0.3) is 5.56 Å². The predicted molar refractivity (Wildman–Crippen MR) is 104 cm³/mol. The fourth-order valence-electron chi connectivity index (χ4n) is 2.67. The van der Waals surface area contributed by atoms with Gasteiger partial charge in [-0.1, -0.05) is 24.3 Å². The lowest BCUT2D eigenvalue weighted by Crippen LogP contribution is -2.11. The zero-order valence-electron chi connectivity index (χ0n) is 14.4. The number of anilines is 1. The van der Waals surface area contributed by atoms with E-state index in [1.165, 1.54) is 18.0 Å². The smallest absolute Gasteiger partial charge is 0.252 e. The highest BCUT2D eigenvalue weighted by Crippen LogP contribution is 2.26. The van der Waals surface area contributed by atoms with Crippen LogP contribution < -0.4 is 16.0 Å². The Bertz CT molecular complexity index is 1010. The van der Waals surface area contributed by atoms with Gasteiger partial charge in [-0.05, 0) is 55.1 Å². The van der Waals surface area contributed by atoms with Crippen molar-refractivity contribution in [1.29, 1.82) is 0 Å². The van der Waals surface area contributed by atoms with Crippen LogP contribution in [0.5, 0.6) is 0 Å². The summed E-state index contributed by atoms with van der Waals surface area (Å²) in [6.45, 7) is 3.98. The molecule has 3 rings (SSSR count). The number of aryl methyl sites for hydroxylation is 2. The topological polar surface area (TPSA) is 101 Å². The van der Waals surface area contributed by atoms with E-state index in [1.807, 2.05) is 38.1 Å². The van der Waals surface area contributed by atoms with Crippen LogP contribution in [0.4, 0.5) is 5.95 Å². The molecule has 2 aromatic carbocycles. The van der Waals surface area contributed by atoms with Gasteiger partial charge in [0.05, 0.1) is 5.69 Å². The Kier molecular flexibility index (Phi) is 5.09. The zero-order chi connectivity index (χ0) is 18.7. The molecule has 4 N–H and O–H groups in total. The number of nitrogens with two attached hydrogens (primary N) is 1. The van der Waals surface area contributed by atoms with Crippen LogP contribution in [0.1, 0.15) is 21.5 Å². The van der Waals surface area contributed by atoms with Crippen LogP contribution in [-0.4, -0.2) is 15.9 Å². The summed E-state index contributed by atoms with van der Waals surface area (Å²) < 4.78 is 3.01. The molecule has 1 heterocycles. The minimum absolute atomic E-state index is 0.244. The van der Waals surface area contributed by atoms with Crippen LogP contribution in [0, 0.1) is 13.8 Å². The number of carbonyl (C=O) groups excluding carboxylic acids is 1. The summed E-state index contributed by atoms with van der Waals surface area (Å²) in [5.74, 6) is -0.152. The highest BCUT2D eigenvalue weighted by atomic mass is 32.2. The lowest BCUT2D eigenvalue weighted by molar-refractivity contribution is 0.1000. The first-order chi connectivity index (χ1) is 12.4. The second kappa shape index (κ2) is 7.45. The summed E-state index contributed by atoms with van der Waals surface area (Å²) in [4.78, 5) is 31.3. The highest BCUT2D eigenvalue weighted by molar-refractivity contribution is 8.00. The van der Waals surface area contributed by atoms with Crippen LogP contribution in [0.2, 0.25) is 0 Å². The number of amides is 1. The van der Waals surface area contributed by atoms with Crippen molar-refractivity contribution in [2.45, 2.75) is 18.7 Å². The maximum atomic E-state index is 12.1. The third-order valence-corrected chi connectivity index (χ3v) is 4.65. The standard InChI is InChI=1S/C19H18N4O2S/c1-11-5-3-6-12(2)17(11)15-10-16(24)22-19(21-15)23-26-14-8-4-7-13(9-14)18(20)25/h3-10H,1-2H3,(H2,20,25)(H2,21,22,23,24). The Morgan fingerprint density at radius 1 is 1.12 bits per heavy atom. The molecule has 0 atom stereocenters. The van der Waals surface area contributed by atoms with Crippen LogP contribution in [0.3, 0.4) is 0 Å². The average Bonchev–Trinajstić information content (AvgIpc) is 2.60. The van der Waals surface area contributed by atoms with Crippen molar-refractivity contribution in [3.63, 3.8) is 0 Å². The van der Waals surface area contributed by atoms with Crippen molar-refractivity contribution in [3.8, 4) is 11.3 Å². The lowest BCUT2D eigenvalue weighted by Gasteiger charge is -2.11. The molecule has 0 bridgehead atoms. The van der Waals surface area contributed by atoms with Crippen molar-refractivity contribution >= 4 is 23.8 Å². The quantitative estimate of drug-likeness (QED) is 0.602. The minimum Gasteiger partial charge on any atom is -0.366 e. The Balaban J connectivity index is 1.88. The molecule has 6 nitrogen and oxygen atoms in total. The van der Waals surface area contributed by atoms with Gasteiger partial charge in [0, 0.05) is 22.1 Å². The number of H-pyrrole nitrogens is 1. The monoisotopic (exact) mass is 366 g/mol. The number of rotatable bonds is 5. The fourth-order valence-corrected chi connectivity index (χ4v) is 3.32. The number of aromatic amines is 1. The second-order valence-electron chi connectivity index (χ2n) is 5.84. The summed E-state index contributed by atoms with van der Waals surface area (Å²) in [5, 5.41) is 0. The van der Waals surface area contributed by atoms with Gasteiger partial charge in [0.2, 0.25) is 11.9 Å². The molecular weight excluding hydrogens is 348 g/mol. The zero-order valence-corrected chi connectivity index (χ0v) is 15.2. The maximum absolute atomic E-state index is 12.1. The first-order valence-corrected chi connectivity index (χ1v) is 8.76. The number of nitrogens with one attached hydrogen (secondary N) is 2. The molecule has 0 unspecified atom stereocenters. The molecule has 0 radical (unpaired) electrons. The third kappa shape index (κ3) is 3.94. The Labute approximate surface area is 155 Å². The maximum Gasteiger partial charge on any atom is 0.252 e. The van der Waals surface area contributed by atoms with E-state index in [0.29, 0.717) is 17.2 Å². The van der Waals surface area contributed by atoms with E-state index in [1.54, 1.807) is 18.2 Å². The van der Waals surface area contributed by atoms with E-state index in [0.717, 1.165) is 21.6 Å². The molecule has 0 fully saturated rings. The van der Waals surface area contributed by atoms with Crippen LogP contribution in [0.15, 0.2) is 58.2 Å². The molecule has 26 heavy (non-hydrogen) atoms. The number of nitrogens with zero attached hydrogens (tertiary/aromatic N) is 1. The summed E-state index contributed by atoms with van der Waals surface area (Å²) in [5.41, 5.74) is 9.13. The van der Waals surface area contributed by atoms with Gasteiger partial charge in [-0.3, -0.25) is 19.3 Å². The molecule has 3 aromatic rings. The largest absolute Gasteiger partial charge is 0.366 e. The number of benzene rings is 2. The molecule has 0 aliphatic rings. The van der Waals surface area contributed by atoms with Gasteiger partial charge in [-0.25, -0.2) is 4.98 Å². The summed E-state index contributed by atoms with van der Waals surface area (Å²) in [6, 6.07) is 14.3. The van der Waals surface area contributed by atoms with Gasteiger partial charge >= 0.3 is 0 Å². The molecule has 0 saturated heterocycles. The summed E-state index contributed by atoms with van der Waals surface area (Å²) in [6.07, 6.45) is 0. The molecule has 7 heteroatoms. The molecule has 0 spiro atoms. The number of aromatic nitrogens is 2. The Morgan fingerprint density at radius 3 is 2.50 bits per heavy atom. The molecule has 1 amide bonds. The number of carbonyl (C=O) groups is 1. The third-order valence-electron chi connectivity index (χ3n) is 3.86. The molecule has 1 aromatic heterocycles. The number of hydrogen-bond donors (Lipinski definition) is 3. The van der Waals surface area contributed by atoms with Crippen molar-refractivity contribution in [1.82, 2.24) is 9.97 Å². The number of primary amides is 1. The van der Waals surface area contributed by atoms with Crippen molar-refractivity contribution < 1.29 is 4.79 Å². The molecular formula is C19H18N4O2S. The number of hydrogen-bond acceptors (Lipinski definition) is 5. The van der Waals surface area contributed by atoms with E-state index >= 15 is 0 Å². The lowest BCUT2D eigenvalue weighted by atomic mass is 10.00. The van der Waals surface area contributed by atoms with Crippen LogP contribution >= 0.6 is 11.9 Å². The summed E-state index contributed by atoms with van der Waals surface area (Å²) >= 11 is 1.24. The van der Waals surface area contributed by atoms with E-state index < -0.39 is 5.91 Å². The average molecular weight is 366 g/mol. The predicted octanol–water partition coefficient (Wildman–Crippen LogP) is 3.27. The van der Waals surface area contributed by atoms with E-state index in [4.69, 9.17) is 5.73 Å². The first-order valence-electron chi connectivity index (χ1n) is 7.95. The highest BCUT2D eigenvalue weighted by Gasteiger charge is 2.10. The summed E-state index contributed by atoms with van der Waals surface area (Å²) in [7, 11) is 0. The molecule has 0 saturated carbocycles. The van der Waals surface area contributed by atoms with Crippen LogP contribution in [-0.2, 0) is 0 Å². The Morgan fingerprint density at radius 2 is 1.81 bits per heavy atom. The van der Waals surface area contributed by atoms with Gasteiger partial charge < -0.3 is 5.73 Å². The molecule has 0 aliphatic heterocycles. The molecule has 132 valence electrons. The van der Waals surface area contributed by atoms with Crippen LogP contribution in [0.25, 0.3) is 11.3 Å². The minimum atomic E-state index is -0.490. The van der Waals surface area contributed by atoms with Gasteiger partial charge in [-0.15, -0.1) is 0 Å². The van der Waals surface area contributed by atoms with Gasteiger partial charge in [0.15, 0.2) is 0 Å². The van der Waals surface area contributed by atoms with Gasteiger partial charge in [0.1, 0.15) is 0 Å². The Hall–Kier alpha value is -3.06. The van der Waals surface area contributed by atoms with Crippen molar-refractivity contribution in [2.75, 3.05) is 4.72 Å². The van der Waals surface area contributed by atoms with Crippen molar-refractivity contribution in [2.24, 2.45) is 5.73 Å². The normalized spacial score (nSPS) is 10.5. The second-order valence-corrected chi connectivity index (χ2v) is 6.72. The fraction of sp³-hybridized carbons (Fsp3) is 0.105. The van der Waals surface area contributed by atoms with E-state index in [9.17, 15) is 9.59 Å².